The van der Waals surface area contributed by atoms with Gasteiger partial charge in [0, 0.05) is 5.69 Å². The Hall–Kier alpha value is -1.43. The minimum Gasteiger partial charge on any atom is -0.351 e. The number of rotatable bonds is 1. The SMILES string of the molecule is CC.CC.NC(=O)Nc1ccc(Cl)c(C(F)(F)F)c1. The molecule has 0 saturated heterocycles. The fourth-order valence-electron chi connectivity index (χ4n) is 0.963. The largest absolute Gasteiger partial charge is 0.417 e. The Bertz CT molecular complexity index is 395. The Labute approximate surface area is 115 Å². The quantitative estimate of drug-likeness (QED) is 0.761. The zero-order valence-electron chi connectivity index (χ0n) is 11.2. The van der Waals surface area contributed by atoms with Gasteiger partial charge in [-0.3, -0.25) is 0 Å². The third-order valence-corrected chi connectivity index (χ3v) is 1.87. The van der Waals surface area contributed by atoms with Crippen molar-refractivity contribution in [2.45, 2.75) is 33.9 Å². The number of alkyl halides is 3. The van der Waals surface area contributed by atoms with Crippen molar-refractivity contribution in [1.82, 2.24) is 0 Å². The van der Waals surface area contributed by atoms with Gasteiger partial charge in [0.1, 0.15) is 0 Å². The van der Waals surface area contributed by atoms with Gasteiger partial charge in [0.2, 0.25) is 0 Å². The second-order valence-corrected chi connectivity index (χ2v) is 3.09. The number of hydrogen-bond acceptors (Lipinski definition) is 1. The average molecular weight is 299 g/mol. The lowest BCUT2D eigenvalue weighted by atomic mass is 10.2. The summed E-state index contributed by atoms with van der Waals surface area (Å²) in [5, 5.41) is 1.59. The lowest BCUT2D eigenvalue weighted by Gasteiger charge is -2.10. The maximum atomic E-state index is 12.3. The van der Waals surface area contributed by atoms with E-state index in [-0.39, 0.29) is 5.69 Å². The molecule has 0 fully saturated rings. The van der Waals surface area contributed by atoms with Crippen LogP contribution in [0.2, 0.25) is 5.02 Å². The van der Waals surface area contributed by atoms with Gasteiger partial charge in [-0.15, -0.1) is 0 Å². The van der Waals surface area contributed by atoms with E-state index in [1.54, 1.807) is 0 Å². The number of amides is 2. The van der Waals surface area contributed by atoms with Crippen LogP contribution >= 0.6 is 11.6 Å². The summed E-state index contributed by atoms with van der Waals surface area (Å²) in [6, 6.07) is 2.04. The number of anilines is 1. The summed E-state index contributed by atoms with van der Waals surface area (Å²) in [5.74, 6) is 0. The molecule has 0 aromatic heterocycles. The number of halogens is 4. The van der Waals surface area contributed by atoms with Gasteiger partial charge >= 0.3 is 12.2 Å². The Balaban J connectivity index is 0. The van der Waals surface area contributed by atoms with Gasteiger partial charge in [0.05, 0.1) is 10.6 Å². The van der Waals surface area contributed by atoms with Crippen LogP contribution in [0, 0.1) is 0 Å². The maximum Gasteiger partial charge on any atom is 0.417 e. The third-order valence-electron chi connectivity index (χ3n) is 1.54. The molecule has 110 valence electrons. The van der Waals surface area contributed by atoms with Gasteiger partial charge in [-0.2, -0.15) is 13.2 Å². The van der Waals surface area contributed by atoms with Crippen molar-refractivity contribution in [2.75, 3.05) is 5.32 Å². The molecule has 0 spiro atoms. The molecule has 0 aliphatic rings. The normalized spacial score (nSPS) is 9.47. The predicted molar refractivity (Wildman–Crippen MR) is 72.4 cm³/mol. The van der Waals surface area contributed by atoms with Crippen molar-refractivity contribution >= 4 is 23.3 Å². The minimum atomic E-state index is -4.56. The Kier molecular flexibility index (Phi) is 9.94. The molecular weight excluding hydrogens is 281 g/mol. The maximum absolute atomic E-state index is 12.3. The molecule has 19 heavy (non-hydrogen) atoms. The van der Waals surface area contributed by atoms with Gasteiger partial charge in [-0.25, -0.2) is 4.79 Å². The summed E-state index contributed by atoms with van der Waals surface area (Å²) in [6.07, 6.45) is -4.56. The van der Waals surface area contributed by atoms with Crippen LogP contribution in [0.5, 0.6) is 0 Å². The molecule has 0 aliphatic carbocycles. The lowest BCUT2D eigenvalue weighted by molar-refractivity contribution is -0.137. The number of primary amides is 1. The van der Waals surface area contributed by atoms with Gasteiger partial charge in [-0.05, 0) is 18.2 Å². The van der Waals surface area contributed by atoms with Crippen molar-refractivity contribution in [3.63, 3.8) is 0 Å². The molecule has 1 aromatic rings. The van der Waals surface area contributed by atoms with Crippen molar-refractivity contribution in [2.24, 2.45) is 5.73 Å². The molecular formula is C12H18ClF3N2O. The van der Waals surface area contributed by atoms with Gasteiger partial charge < -0.3 is 11.1 Å². The van der Waals surface area contributed by atoms with E-state index in [1.165, 1.54) is 6.07 Å². The number of hydrogen-bond donors (Lipinski definition) is 2. The molecule has 1 rings (SSSR count). The van der Waals surface area contributed by atoms with Crippen LogP contribution in [0.3, 0.4) is 0 Å². The van der Waals surface area contributed by atoms with Crippen LogP contribution in [0.25, 0.3) is 0 Å². The van der Waals surface area contributed by atoms with Crippen LogP contribution in [0.15, 0.2) is 18.2 Å². The molecule has 0 heterocycles. The number of nitrogens with two attached hydrogens (primary N) is 1. The van der Waals surface area contributed by atoms with Crippen molar-refractivity contribution in [3.8, 4) is 0 Å². The molecule has 2 amide bonds. The Morgan fingerprint density at radius 2 is 1.68 bits per heavy atom. The number of carbonyl (C=O) groups excluding carboxylic acids is 1. The zero-order valence-corrected chi connectivity index (χ0v) is 12.0. The number of carbonyl (C=O) groups is 1. The number of benzene rings is 1. The monoisotopic (exact) mass is 298 g/mol. The highest BCUT2D eigenvalue weighted by atomic mass is 35.5. The molecule has 0 radical (unpaired) electrons. The summed E-state index contributed by atoms with van der Waals surface area (Å²) in [7, 11) is 0. The predicted octanol–water partition coefficient (Wildman–Crippen LogP) is 4.90. The van der Waals surface area contributed by atoms with Crippen LogP contribution < -0.4 is 11.1 Å². The molecule has 3 nitrogen and oxygen atoms in total. The Morgan fingerprint density at radius 1 is 1.21 bits per heavy atom. The van der Waals surface area contributed by atoms with Crippen LogP contribution in [-0.2, 0) is 6.18 Å². The first-order valence-corrected chi connectivity index (χ1v) is 6.11. The smallest absolute Gasteiger partial charge is 0.351 e. The molecule has 0 unspecified atom stereocenters. The van der Waals surface area contributed by atoms with Gasteiger partial charge in [0.25, 0.3) is 0 Å². The summed E-state index contributed by atoms with van der Waals surface area (Å²) in [4.78, 5) is 10.4. The highest BCUT2D eigenvalue weighted by molar-refractivity contribution is 6.31. The highest BCUT2D eigenvalue weighted by Gasteiger charge is 2.33. The molecule has 0 saturated carbocycles. The summed E-state index contributed by atoms with van der Waals surface area (Å²) in [5.41, 5.74) is 3.68. The fraction of sp³-hybridized carbons (Fsp3) is 0.417. The van der Waals surface area contributed by atoms with E-state index in [1.807, 2.05) is 33.0 Å². The van der Waals surface area contributed by atoms with E-state index in [0.29, 0.717) is 6.07 Å². The van der Waals surface area contributed by atoms with Crippen LogP contribution in [0.4, 0.5) is 23.7 Å². The van der Waals surface area contributed by atoms with Gasteiger partial charge in [0.15, 0.2) is 0 Å². The van der Waals surface area contributed by atoms with Crippen molar-refractivity contribution < 1.29 is 18.0 Å². The second kappa shape index (κ2) is 9.49. The van der Waals surface area contributed by atoms with Crippen LogP contribution in [-0.4, -0.2) is 6.03 Å². The molecule has 7 heteroatoms. The molecule has 0 bridgehead atoms. The first kappa shape index (κ1) is 19.9. The summed E-state index contributed by atoms with van der Waals surface area (Å²) in [6.45, 7) is 8.00. The molecule has 1 aromatic carbocycles. The standard InChI is InChI=1S/C8H6ClF3N2O.2C2H6/c9-6-2-1-4(14-7(13)15)3-5(6)8(10,11)12;2*1-2/h1-3H,(H3,13,14,15);2*1-2H3. The first-order chi connectivity index (χ1) is 8.80. The fourth-order valence-corrected chi connectivity index (χ4v) is 1.19. The van der Waals surface area contributed by atoms with Crippen LogP contribution in [0.1, 0.15) is 33.3 Å². The van der Waals surface area contributed by atoms with E-state index < -0.39 is 22.8 Å². The minimum absolute atomic E-state index is 0.0563. The summed E-state index contributed by atoms with van der Waals surface area (Å²) < 4.78 is 37.0. The summed E-state index contributed by atoms with van der Waals surface area (Å²) >= 11 is 5.35. The zero-order chi connectivity index (χ0) is 15.6. The van der Waals surface area contributed by atoms with Gasteiger partial charge in [-0.1, -0.05) is 39.3 Å². The highest BCUT2D eigenvalue weighted by Crippen LogP contribution is 2.36. The third kappa shape index (κ3) is 7.56. The van der Waals surface area contributed by atoms with Crippen molar-refractivity contribution in [3.05, 3.63) is 28.8 Å². The van der Waals surface area contributed by atoms with E-state index in [9.17, 15) is 18.0 Å². The van der Waals surface area contributed by atoms with Crippen molar-refractivity contribution in [1.29, 1.82) is 0 Å². The average Bonchev–Trinajstić information content (AvgIpc) is 2.35. The number of nitrogens with one attached hydrogen (secondary N) is 1. The first-order valence-electron chi connectivity index (χ1n) is 5.74. The van der Waals surface area contributed by atoms with E-state index >= 15 is 0 Å². The lowest BCUT2D eigenvalue weighted by Crippen LogP contribution is -2.19. The topological polar surface area (TPSA) is 55.1 Å². The molecule has 0 atom stereocenters. The Morgan fingerprint density at radius 3 is 2.05 bits per heavy atom. The number of urea groups is 1. The van der Waals surface area contributed by atoms with E-state index in [4.69, 9.17) is 17.3 Å². The molecule has 0 aliphatic heterocycles. The molecule has 3 N–H and O–H groups in total. The second-order valence-electron chi connectivity index (χ2n) is 2.68. The van der Waals surface area contributed by atoms with E-state index in [0.717, 1.165) is 6.07 Å². The van der Waals surface area contributed by atoms with E-state index in [2.05, 4.69) is 0 Å².